The third-order valence-corrected chi connectivity index (χ3v) is 3.18. The largest absolute Gasteiger partial charge is 0.493 e. The summed E-state index contributed by atoms with van der Waals surface area (Å²) < 4.78 is 37.8. The highest BCUT2D eigenvalue weighted by atomic mass is 35.5. The molecule has 0 aromatic heterocycles. The summed E-state index contributed by atoms with van der Waals surface area (Å²) in [5.74, 6) is -0.652. The quantitative estimate of drug-likeness (QED) is 0.916. The van der Waals surface area contributed by atoms with Gasteiger partial charge >= 0.3 is 0 Å². The summed E-state index contributed by atoms with van der Waals surface area (Å²) in [5.41, 5.74) is 6.07. The molecule has 2 rings (SSSR count). The van der Waals surface area contributed by atoms with Gasteiger partial charge in [0.05, 0.1) is 12.7 Å². The van der Waals surface area contributed by atoms with E-state index in [1.165, 1.54) is 25.3 Å². The standard InChI is InChI=1S/C15H14ClF2NO2/c1-20-14-6-10(16)5-9(7-19)15(14)21-8-11-12(17)3-2-4-13(11)18/h2-6H,7-8,19H2,1H3. The van der Waals surface area contributed by atoms with E-state index in [2.05, 4.69) is 0 Å². The van der Waals surface area contributed by atoms with Crippen LogP contribution in [0.1, 0.15) is 11.1 Å². The molecule has 112 valence electrons. The predicted octanol–water partition coefficient (Wildman–Crippen LogP) is 3.66. The van der Waals surface area contributed by atoms with Gasteiger partial charge in [-0.05, 0) is 18.2 Å². The average Bonchev–Trinajstić information content (AvgIpc) is 2.47. The van der Waals surface area contributed by atoms with Crippen LogP contribution in [0.25, 0.3) is 0 Å². The van der Waals surface area contributed by atoms with Crippen molar-refractivity contribution in [2.45, 2.75) is 13.2 Å². The maximum absolute atomic E-state index is 13.6. The summed E-state index contributed by atoms with van der Waals surface area (Å²) >= 11 is 5.94. The van der Waals surface area contributed by atoms with Crippen LogP contribution >= 0.6 is 11.6 Å². The molecule has 0 saturated carbocycles. The van der Waals surface area contributed by atoms with E-state index < -0.39 is 11.6 Å². The first-order valence-electron chi connectivity index (χ1n) is 6.19. The van der Waals surface area contributed by atoms with Gasteiger partial charge < -0.3 is 15.2 Å². The highest BCUT2D eigenvalue weighted by molar-refractivity contribution is 6.30. The number of nitrogens with two attached hydrogens (primary N) is 1. The minimum Gasteiger partial charge on any atom is -0.493 e. The lowest BCUT2D eigenvalue weighted by molar-refractivity contribution is 0.271. The molecule has 0 amide bonds. The van der Waals surface area contributed by atoms with E-state index in [1.807, 2.05) is 0 Å². The first-order valence-corrected chi connectivity index (χ1v) is 6.56. The van der Waals surface area contributed by atoms with E-state index in [4.69, 9.17) is 26.8 Å². The summed E-state index contributed by atoms with van der Waals surface area (Å²) in [5, 5.41) is 0.441. The van der Waals surface area contributed by atoms with Crippen LogP contribution in [-0.4, -0.2) is 7.11 Å². The molecule has 0 radical (unpaired) electrons. The van der Waals surface area contributed by atoms with Crippen molar-refractivity contribution >= 4 is 11.6 Å². The van der Waals surface area contributed by atoms with Gasteiger partial charge in [0.15, 0.2) is 11.5 Å². The van der Waals surface area contributed by atoms with Gasteiger partial charge in [0.25, 0.3) is 0 Å². The first kappa shape index (κ1) is 15.5. The Bertz CT molecular complexity index is 604. The molecule has 6 heteroatoms. The summed E-state index contributed by atoms with van der Waals surface area (Å²) in [4.78, 5) is 0. The molecule has 0 fully saturated rings. The van der Waals surface area contributed by atoms with Gasteiger partial charge in [-0.25, -0.2) is 8.78 Å². The van der Waals surface area contributed by atoms with Gasteiger partial charge in [0.1, 0.15) is 18.2 Å². The molecule has 0 aliphatic rings. The molecule has 0 heterocycles. The monoisotopic (exact) mass is 313 g/mol. The maximum atomic E-state index is 13.6. The molecular weight excluding hydrogens is 300 g/mol. The number of halogens is 3. The van der Waals surface area contributed by atoms with Crippen molar-refractivity contribution in [3.05, 3.63) is 58.1 Å². The molecule has 21 heavy (non-hydrogen) atoms. The van der Waals surface area contributed by atoms with Crippen LogP contribution in [0.4, 0.5) is 8.78 Å². The second-order valence-corrected chi connectivity index (χ2v) is 4.73. The molecule has 0 saturated heterocycles. The predicted molar refractivity (Wildman–Crippen MR) is 76.6 cm³/mol. The van der Waals surface area contributed by atoms with E-state index in [1.54, 1.807) is 12.1 Å². The van der Waals surface area contributed by atoms with Crippen LogP contribution in [0.5, 0.6) is 11.5 Å². The van der Waals surface area contributed by atoms with Crippen LogP contribution < -0.4 is 15.2 Å². The van der Waals surface area contributed by atoms with Gasteiger partial charge in [0, 0.05) is 23.2 Å². The van der Waals surface area contributed by atoms with Crippen LogP contribution in [0.15, 0.2) is 30.3 Å². The van der Waals surface area contributed by atoms with Crippen molar-refractivity contribution in [1.29, 1.82) is 0 Å². The Hall–Kier alpha value is -1.85. The smallest absolute Gasteiger partial charge is 0.166 e. The maximum Gasteiger partial charge on any atom is 0.166 e. The third-order valence-electron chi connectivity index (χ3n) is 2.96. The molecular formula is C15H14ClF2NO2. The van der Waals surface area contributed by atoms with Gasteiger partial charge in [-0.15, -0.1) is 0 Å². The second kappa shape index (κ2) is 6.74. The zero-order valence-corrected chi connectivity index (χ0v) is 12.1. The molecule has 0 atom stereocenters. The summed E-state index contributed by atoms with van der Waals surface area (Å²) in [6, 6.07) is 6.81. The average molecular weight is 314 g/mol. The molecule has 0 aliphatic carbocycles. The molecule has 2 aromatic carbocycles. The highest BCUT2D eigenvalue weighted by Gasteiger charge is 2.15. The minimum absolute atomic E-state index is 0.155. The zero-order valence-electron chi connectivity index (χ0n) is 11.3. The summed E-state index contributed by atoms with van der Waals surface area (Å²) in [6.07, 6.45) is 0. The number of hydrogen-bond donors (Lipinski definition) is 1. The SMILES string of the molecule is COc1cc(Cl)cc(CN)c1OCc1c(F)cccc1F. The number of benzene rings is 2. The fourth-order valence-electron chi connectivity index (χ4n) is 1.90. The molecule has 0 spiro atoms. The van der Waals surface area contributed by atoms with Gasteiger partial charge in [-0.1, -0.05) is 17.7 Å². The lowest BCUT2D eigenvalue weighted by Crippen LogP contribution is -2.07. The van der Waals surface area contributed by atoms with E-state index in [9.17, 15) is 8.78 Å². The van der Waals surface area contributed by atoms with Crippen molar-refractivity contribution in [2.75, 3.05) is 7.11 Å². The lowest BCUT2D eigenvalue weighted by atomic mass is 10.1. The molecule has 0 aliphatic heterocycles. The van der Waals surface area contributed by atoms with Crippen LogP contribution in [0.3, 0.4) is 0 Å². The van der Waals surface area contributed by atoms with Crippen LogP contribution in [-0.2, 0) is 13.2 Å². The number of hydrogen-bond acceptors (Lipinski definition) is 3. The number of rotatable bonds is 5. The fourth-order valence-corrected chi connectivity index (χ4v) is 2.14. The van der Waals surface area contributed by atoms with Crippen molar-refractivity contribution in [1.82, 2.24) is 0 Å². The molecule has 0 unspecified atom stereocenters. The van der Waals surface area contributed by atoms with Gasteiger partial charge in [-0.3, -0.25) is 0 Å². The van der Waals surface area contributed by atoms with Crippen molar-refractivity contribution in [2.24, 2.45) is 5.73 Å². The second-order valence-electron chi connectivity index (χ2n) is 4.29. The van der Waals surface area contributed by atoms with E-state index in [0.29, 0.717) is 22.1 Å². The number of ether oxygens (including phenoxy) is 2. The Morgan fingerprint density at radius 3 is 2.43 bits per heavy atom. The van der Waals surface area contributed by atoms with Crippen molar-refractivity contribution in [3.63, 3.8) is 0 Å². The first-order chi connectivity index (χ1) is 10.1. The molecule has 2 aromatic rings. The summed E-state index contributed by atoms with van der Waals surface area (Å²) in [7, 11) is 1.45. The lowest BCUT2D eigenvalue weighted by Gasteiger charge is -2.15. The normalized spacial score (nSPS) is 10.5. The topological polar surface area (TPSA) is 44.5 Å². The fraction of sp³-hybridized carbons (Fsp3) is 0.200. The van der Waals surface area contributed by atoms with Gasteiger partial charge in [-0.2, -0.15) is 0 Å². The Morgan fingerprint density at radius 1 is 1.19 bits per heavy atom. The Labute approximate surface area is 126 Å². The van der Waals surface area contributed by atoms with Crippen molar-refractivity contribution < 1.29 is 18.3 Å². The molecule has 2 N–H and O–H groups in total. The third kappa shape index (κ3) is 3.43. The number of methoxy groups -OCH3 is 1. The molecule has 3 nitrogen and oxygen atoms in total. The minimum atomic E-state index is -0.669. The van der Waals surface area contributed by atoms with Crippen LogP contribution in [0, 0.1) is 11.6 Å². The zero-order chi connectivity index (χ0) is 15.4. The van der Waals surface area contributed by atoms with Crippen molar-refractivity contribution in [3.8, 4) is 11.5 Å². The van der Waals surface area contributed by atoms with E-state index in [-0.39, 0.29) is 18.7 Å². The molecule has 0 bridgehead atoms. The Kier molecular flexibility index (Phi) is 4.98. The van der Waals surface area contributed by atoms with Crippen LogP contribution in [0.2, 0.25) is 5.02 Å². The highest BCUT2D eigenvalue weighted by Crippen LogP contribution is 2.35. The Balaban J connectivity index is 2.31. The summed E-state index contributed by atoms with van der Waals surface area (Å²) in [6.45, 7) is -0.116. The van der Waals surface area contributed by atoms with Gasteiger partial charge in [0.2, 0.25) is 0 Å². The van der Waals surface area contributed by atoms with E-state index >= 15 is 0 Å². The Morgan fingerprint density at radius 2 is 1.86 bits per heavy atom. The van der Waals surface area contributed by atoms with E-state index in [0.717, 1.165) is 0 Å².